The molecule has 2 heterocycles. The smallest absolute Gasteiger partial charge is 0.300 e. The van der Waals surface area contributed by atoms with Crippen LogP contribution >= 0.6 is 11.6 Å². The predicted molar refractivity (Wildman–Crippen MR) is 141 cm³/mol. The van der Waals surface area contributed by atoms with E-state index in [0.717, 1.165) is 16.7 Å². The molecule has 0 radical (unpaired) electrons. The van der Waals surface area contributed by atoms with E-state index in [1.54, 1.807) is 25.1 Å². The maximum atomic E-state index is 13.9. The number of halogens is 2. The minimum absolute atomic E-state index is 0.130. The number of ether oxygens (including phenoxy) is 2. The molecule has 0 aromatic heterocycles. The standard InChI is InChI=1S/C28H24ClFN2O6/c1-3-37-23-13-15(4-8-21(23)33)25-24(26(34)16-5-9-22-20(12-16)31(2)10-11-38-22)27(35)28(36)32(25)17-6-7-19(30)18(29)14-17/h4-9,12-14,25,33-34H,3,10-11H2,1-2H3/b26-24+. The molecule has 1 unspecified atom stereocenters. The second kappa shape index (κ2) is 9.90. The van der Waals surface area contributed by atoms with Gasteiger partial charge in [0, 0.05) is 18.3 Å². The van der Waals surface area contributed by atoms with Crippen molar-refractivity contribution in [3.05, 3.63) is 82.1 Å². The Kier molecular flexibility index (Phi) is 6.62. The number of carbonyl (C=O) groups is 2. The van der Waals surface area contributed by atoms with E-state index >= 15 is 0 Å². The number of fused-ring (bicyclic) bond motifs is 1. The van der Waals surface area contributed by atoms with Crippen molar-refractivity contribution in [1.29, 1.82) is 0 Å². The van der Waals surface area contributed by atoms with Crippen LogP contribution in [0, 0.1) is 5.82 Å². The number of rotatable bonds is 5. The number of carbonyl (C=O) groups excluding carboxylic acids is 2. The SMILES string of the molecule is CCOc1cc(C2/C(=C(\O)c3ccc4c(c3)N(C)CCO4)C(=O)C(=O)N2c2ccc(F)c(Cl)c2)ccc1O. The van der Waals surface area contributed by atoms with Crippen molar-refractivity contribution in [2.45, 2.75) is 13.0 Å². The minimum atomic E-state index is -1.12. The molecular weight excluding hydrogens is 515 g/mol. The molecule has 1 fully saturated rings. The number of phenolic OH excluding ortho intramolecular Hbond substituents is 1. The number of amides is 1. The highest BCUT2D eigenvalue weighted by Crippen LogP contribution is 2.45. The van der Waals surface area contributed by atoms with Crippen molar-refractivity contribution in [1.82, 2.24) is 0 Å². The fourth-order valence-corrected chi connectivity index (χ4v) is 4.85. The molecule has 0 bridgehead atoms. The maximum Gasteiger partial charge on any atom is 0.300 e. The second-order valence-electron chi connectivity index (χ2n) is 8.88. The van der Waals surface area contributed by atoms with Gasteiger partial charge in [-0.05, 0) is 61.0 Å². The van der Waals surface area contributed by atoms with Crippen LogP contribution in [-0.4, -0.2) is 48.7 Å². The Balaban J connectivity index is 1.72. The quantitative estimate of drug-likeness (QED) is 0.267. The number of aliphatic hydroxyl groups is 1. The van der Waals surface area contributed by atoms with Gasteiger partial charge in [0.2, 0.25) is 0 Å². The zero-order valence-corrected chi connectivity index (χ0v) is 21.3. The molecule has 196 valence electrons. The largest absolute Gasteiger partial charge is 0.507 e. The molecule has 0 saturated carbocycles. The number of phenols is 1. The highest BCUT2D eigenvalue weighted by Gasteiger charge is 2.47. The summed E-state index contributed by atoms with van der Waals surface area (Å²) in [6, 6.07) is 11.9. The Morgan fingerprint density at radius 2 is 1.95 bits per heavy atom. The van der Waals surface area contributed by atoms with Crippen LogP contribution in [0.2, 0.25) is 5.02 Å². The van der Waals surface area contributed by atoms with Gasteiger partial charge in [0.15, 0.2) is 11.5 Å². The van der Waals surface area contributed by atoms with Gasteiger partial charge in [-0.2, -0.15) is 0 Å². The average molecular weight is 539 g/mol. The van der Waals surface area contributed by atoms with E-state index in [9.17, 15) is 24.2 Å². The molecule has 10 heteroatoms. The third-order valence-electron chi connectivity index (χ3n) is 6.55. The molecule has 38 heavy (non-hydrogen) atoms. The van der Waals surface area contributed by atoms with Crippen molar-refractivity contribution < 1.29 is 33.7 Å². The maximum absolute atomic E-state index is 13.9. The molecule has 5 rings (SSSR count). The molecule has 1 atom stereocenters. The summed E-state index contributed by atoms with van der Waals surface area (Å²) in [5.41, 5.74) is 1.39. The Hall–Kier alpha value is -4.24. The topological polar surface area (TPSA) is 99.5 Å². The Bertz CT molecular complexity index is 1490. The molecule has 2 N–H and O–H groups in total. The van der Waals surface area contributed by atoms with Crippen LogP contribution in [0.15, 0.2) is 60.2 Å². The summed E-state index contributed by atoms with van der Waals surface area (Å²) in [4.78, 5) is 29.9. The van der Waals surface area contributed by atoms with E-state index in [2.05, 4.69) is 0 Å². The summed E-state index contributed by atoms with van der Waals surface area (Å²) < 4.78 is 25.1. The van der Waals surface area contributed by atoms with Crippen LogP contribution < -0.4 is 19.3 Å². The Morgan fingerprint density at radius 1 is 1.16 bits per heavy atom. The highest BCUT2D eigenvalue weighted by molar-refractivity contribution is 6.51. The molecule has 0 spiro atoms. The number of nitrogens with zero attached hydrogens (tertiary/aromatic N) is 2. The predicted octanol–water partition coefficient (Wildman–Crippen LogP) is 5.04. The first kappa shape index (κ1) is 25.4. The van der Waals surface area contributed by atoms with Crippen molar-refractivity contribution in [2.24, 2.45) is 0 Å². The summed E-state index contributed by atoms with van der Waals surface area (Å²) in [5, 5.41) is 21.5. The van der Waals surface area contributed by atoms with Gasteiger partial charge >= 0.3 is 0 Å². The van der Waals surface area contributed by atoms with Crippen LogP contribution in [-0.2, 0) is 9.59 Å². The molecule has 1 saturated heterocycles. The fraction of sp³-hybridized carbons (Fsp3) is 0.214. The van der Waals surface area contributed by atoms with Crippen LogP contribution in [0.1, 0.15) is 24.1 Å². The van der Waals surface area contributed by atoms with E-state index in [1.807, 2.05) is 11.9 Å². The Morgan fingerprint density at radius 3 is 2.68 bits per heavy atom. The van der Waals surface area contributed by atoms with Gasteiger partial charge in [-0.3, -0.25) is 14.5 Å². The first-order valence-corrected chi connectivity index (χ1v) is 12.3. The van der Waals surface area contributed by atoms with E-state index in [-0.39, 0.29) is 34.4 Å². The van der Waals surface area contributed by atoms with Gasteiger partial charge < -0.3 is 24.6 Å². The minimum Gasteiger partial charge on any atom is -0.507 e. The van der Waals surface area contributed by atoms with Crippen molar-refractivity contribution in [3.8, 4) is 17.2 Å². The van der Waals surface area contributed by atoms with Gasteiger partial charge in [-0.15, -0.1) is 0 Å². The van der Waals surface area contributed by atoms with Gasteiger partial charge in [0.05, 0.1) is 35.5 Å². The third-order valence-corrected chi connectivity index (χ3v) is 6.84. The van der Waals surface area contributed by atoms with Crippen molar-refractivity contribution >= 4 is 40.4 Å². The summed E-state index contributed by atoms with van der Waals surface area (Å²) in [6.45, 7) is 3.16. The number of ketones is 1. The number of anilines is 2. The van der Waals surface area contributed by atoms with Gasteiger partial charge in [0.1, 0.15) is 23.9 Å². The summed E-state index contributed by atoms with van der Waals surface area (Å²) in [6.07, 6.45) is 0. The summed E-state index contributed by atoms with van der Waals surface area (Å²) >= 11 is 6.00. The molecule has 0 aliphatic carbocycles. The van der Waals surface area contributed by atoms with Crippen LogP contribution in [0.3, 0.4) is 0 Å². The number of hydrogen-bond donors (Lipinski definition) is 2. The molecular formula is C28H24ClFN2O6. The van der Waals surface area contributed by atoms with Crippen molar-refractivity contribution in [2.75, 3.05) is 36.6 Å². The van der Waals surface area contributed by atoms with E-state index < -0.39 is 29.3 Å². The van der Waals surface area contributed by atoms with Gasteiger partial charge in [0.25, 0.3) is 11.7 Å². The van der Waals surface area contributed by atoms with Gasteiger partial charge in [-0.1, -0.05) is 17.7 Å². The number of aliphatic hydroxyl groups excluding tert-OH is 1. The van der Waals surface area contributed by atoms with Gasteiger partial charge in [-0.25, -0.2) is 4.39 Å². The molecule has 2 aliphatic rings. The second-order valence-corrected chi connectivity index (χ2v) is 9.29. The summed E-state index contributed by atoms with van der Waals surface area (Å²) in [7, 11) is 1.88. The molecule has 8 nitrogen and oxygen atoms in total. The third kappa shape index (κ3) is 4.28. The zero-order valence-electron chi connectivity index (χ0n) is 20.6. The van der Waals surface area contributed by atoms with Crippen LogP contribution in [0.25, 0.3) is 5.76 Å². The first-order valence-electron chi connectivity index (χ1n) is 11.9. The molecule has 2 aliphatic heterocycles. The summed E-state index contributed by atoms with van der Waals surface area (Å²) in [5.74, 6) is -2.29. The van der Waals surface area contributed by atoms with E-state index in [0.29, 0.717) is 30.0 Å². The lowest BCUT2D eigenvalue weighted by Crippen LogP contribution is -2.29. The lowest BCUT2D eigenvalue weighted by Gasteiger charge is -2.28. The lowest BCUT2D eigenvalue weighted by atomic mass is 9.94. The number of benzene rings is 3. The fourth-order valence-electron chi connectivity index (χ4n) is 4.67. The normalized spacial score (nSPS) is 18.4. The Labute approximate surface area is 223 Å². The van der Waals surface area contributed by atoms with E-state index in [1.165, 1.54) is 30.3 Å². The van der Waals surface area contributed by atoms with E-state index in [4.69, 9.17) is 21.1 Å². The molecule has 1 amide bonds. The lowest BCUT2D eigenvalue weighted by molar-refractivity contribution is -0.132. The zero-order chi connectivity index (χ0) is 27.1. The molecule has 3 aromatic carbocycles. The van der Waals surface area contributed by atoms with Crippen molar-refractivity contribution in [3.63, 3.8) is 0 Å². The highest BCUT2D eigenvalue weighted by atomic mass is 35.5. The van der Waals surface area contributed by atoms with Crippen LogP contribution in [0.5, 0.6) is 17.2 Å². The van der Waals surface area contributed by atoms with Crippen LogP contribution in [0.4, 0.5) is 15.8 Å². The molecule has 3 aromatic rings. The average Bonchev–Trinajstić information content (AvgIpc) is 3.17. The number of aromatic hydroxyl groups is 1. The first-order chi connectivity index (χ1) is 18.2. The monoisotopic (exact) mass is 538 g/mol. The number of likely N-dealkylation sites (N-methyl/N-ethyl adjacent to an activating group) is 1. The number of Topliss-reactive ketones (excluding diaryl/α,β-unsaturated/α-hetero) is 1. The number of hydrogen-bond acceptors (Lipinski definition) is 7.